The molecule has 1 N–H and O–H groups in total. The lowest BCUT2D eigenvalue weighted by Crippen LogP contribution is -2.20. The molecule has 2 nitrogen and oxygen atoms in total. The van der Waals surface area contributed by atoms with E-state index < -0.39 is 0 Å². The quantitative estimate of drug-likeness (QED) is 0.782. The molecule has 0 bridgehead atoms. The first-order chi connectivity index (χ1) is 6.88. The maximum Gasteiger partial charge on any atom is 0.252 e. The van der Waals surface area contributed by atoms with Crippen LogP contribution in [0.15, 0.2) is 18.2 Å². The van der Waals surface area contributed by atoms with Gasteiger partial charge in [-0.1, -0.05) is 44.5 Å². The maximum atomic E-state index is 11.5. The van der Waals surface area contributed by atoms with Gasteiger partial charge in [0.1, 0.15) is 0 Å². The number of hydrogen-bond acceptors (Lipinski definition) is 1. The van der Waals surface area contributed by atoms with Gasteiger partial charge >= 0.3 is 0 Å². The Hall–Kier alpha value is -1.02. The summed E-state index contributed by atoms with van der Waals surface area (Å²) >= 11 is 6.21. The van der Waals surface area contributed by atoms with Crippen molar-refractivity contribution in [2.75, 3.05) is 7.05 Å². The van der Waals surface area contributed by atoms with E-state index in [4.69, 9.17) is 11.6 Å². The Balaban J connectivity index is 3.30. The standard InChI is InChI=1S/C12H16ClNO/c1-12(2,3)9-7-5-6-8(10(9)13)11(15)14-4/h5-7H,1-4H3,(H,14,15). The van der Waals surface area contributed by atoms with Gasteiger partial charge in [0.2, 0.25) is 0 Å². The van der Waals surface area contributed by atoms with Crippen LogP contribution in [-0.4, -0.2) is 13.0 Å². The highest BCUT2D eigenvalue weighted by Crippen LogP contribution is 2.31. The van der Waals surface area contributed by atoms with E-state index in [1.54, 1.807) is 13.1 Å². The smallest absolute Gasteiger partial charge is 0.252 e. The fourth-order valence-corrected chi connectivity index (χ4v) is 1.92. The summed E-state index contributed by atoms with van der Waals surface area (Å²) in [4.78, 5) is 11.5. The van der Waals surface area contributed by atoms with Crippen molar-refractivity contribution in [1.82, 2.24) is 5.32 Å². The number of amides is 1. The summed E-state index contributed by atoms with van der Waals surface area (Å²) in [7, 11) is 1.60. The Labute approximate surface area is 95.6 Å². The van der Waals surface area contributed by atoms with Gasteiger partial charge in [0, 0.05) is 7.05 Å². The van der Waals surface area contributed by atoms with E-state index in [9.17, 15) is 4.79 Å². The number of halogens is 1. The second-order valence-corrected chi connectivity index (χ2v) is 4.87. The van der Waals surface area contributed by atoms with E-state index in [1.165, 1.54) is 0 Å². The van der Waals surface area contributed by atoms with Gasteiger partial charge in [0.15, 0.2) is 0 Å². The molecule has 0 aromatic heterocycles. The molecular weight excluding hydrogens is 210 g/mol. The fraction of sp³-hybridized carbons (Fsp3) is 0.417. The van der Waals surface area contributed by atoms with Crippen molar-refractivity contribution in [2.45, 2.75) is 26.2 Å². The van der Waals surface area contributed by atoms with Crippen LogP contribution < -0.4 is 5.32 Å². The van der Waals surface area contributed by atoms with Crippen LogP contribution in [0.3, 0.4) is 0 Å². The summed E-state index contributed by atoms with van der Waals surface area (Å²) in [6.07, 6.45) is 0. The van der Waals surface area contributed by atoms with Crippen LogP contribution in [0.25, 0.3) is 0 Å². The van der Waals surface area contributed by atoms with E-state index in [0.717, 1.165) is 5.56 Å². The van der Waals surface area contributed by atoms with Gasteiger partial charge in [-0.3, -0.25) is 4.79 Å². The first-order valence-corrected chi connectivity index (χ1v) is 5.27. The van der Waals surface area contributed by atoms with Crippen molar-refractivity contribution in [3.05, 3.63) is 34.3 Å². The lowest BCUT2D eigenvalue weighted by Gasteiger charge is -2.21. The monoisotopic (exact) mass is 225 g/mol. The average molecular weight is 226 g/mol. The Kier molecular flexibility index (Phi) is 3.40. The van der Waals surface area contributed by atoms with Gasteiger partial charge in [-0.15, -0.1) is 0 Å². The first-order valence-electron chi connectivity index (χ1n) is 4.89. The third-order valence-electron chi connectivity index (χ3n) is 2.28. The van der Waals surface area contributed by atoms with Gasteiger partial charge < -0.3 is 5.32 Å². The zero-order chi connectivity index (χ0) is 11.6. The molecule has 1 aromatic carbocycles. The lowest BCUT2D eigenvalue weighted by atomic mass is 9.86. The molecule has 0 fully saturated rings. The predicted octanol–water partition coefficient (Wildman–Crippen LogP) is 3.00. The van der Waals surface area contributed by atoms with E-state index >= 15 is 0 Å². The fourth-order valence-electron chi connectivity index (χ4n) is 1.42. The number of carbonyl (C=O) groups is 1. The third-order valence-corrected chi connectivity index (χ3v) is 2.69. The van der Waals surface area contributed by atoms with Crippen molar-refractivity contribution in [3.8, 4) is 0 Å². The molecule has 0 aliphatic carbocycles. The van der Waals surface area contributed by atoms with Crippen molar-refractivity contribution in [1.29, 1.82) is 0 Å². The van der Waals surface area contributed by atoms with E-state index in [2.05, 4.69) is 26.1 Å². The number of carbonyl (C=O) groups excluding carboxylic acids is 1. The number of benzene rings is 1. The molecule has 0 unspecified atom stereocenters. The minimum atomic E-state index is -0.147. The molecule has 0 aliphatic heterocycles. The van der Waals surface area contributed by atoms with Gasteiger partial charge in [-0.2, -0.15) is 0 Å². The zero-order valence-electron chi connectivity index (χ0n) is 9.52. The van der Waals surface area contributed by atoms with Crippen LogP contribution in [0.2, 0.25) is 5.02 Å². The van der Waals surface area contributed by atoms with Gasteiger partial charge in [-0.05, 0) is 17.0 Å². The molecule has 0 heterocycles. The summed E-state index contributed by atoms with van der Waals surface area (Å²) in [6, 6.07) is 5.54. The summed E-state index contributed by atoms with van der Waals surface area (Å²) < 4.78 is 0. The summed E-state index contributed by atoms with van der Waals surface area (Å²) in [5.74, 6) is -0.147. The Morgan fingerprint density at radius 2 is 1.93 bits per heavy atom. The maximum absolute atomic E-state index is 11.5. The molecule has 0 radical (unpaired) electrons. The number of nitrogens with one attached hydrogen (secondary N) is 1. The second-order valence-electron chi connectivity index (χ2n) is 4.50. The molecule has 0 aliphatic rings. The normalized spacial score (nSPS) is 11.3. The highest BCUT2D eigenvalue weighted by Gasteiger charge is 2.20. The first kappa shape index (κ1) is 12.1. The van der Waals surface area contributed by atoms with Gasteiger partial charge in [0.05, 0.1) is 10.6 Å². The van der Waals surface area contributed by atoms with Crippen molar-refractivity contribution >= 4 is 17.5 Å². The molecule has 0 saturated heterocycles. The number of rotatable bonds is 1. The van der Waals surface area contributed by atoms with Gasteiger partial charge in [-0.25, -0.2) is 0 Å². The molecule has 0 spiro atoms. The minimum absolute atomic E-state index is 0.0544. The highest BCUT2D eigenvalue weighted by atomic mass is 35.5. The average Bonchev–Trinajstić information content (AvgIpc) is 2.15. The molecule has 1 amide bonds. The summed E-state index contributed by atoms with van der Waals surface area (Å²) in [5, 5.41) is 3.12. The Morgan fingerprint density at radius 3 is 2.40 bits per heavy atom. The Morgan fingerprint density at radius 1 is 1.33 bits per heavy atom. The highest BCUT2D eigenvalue weighted by molar-refractivity contribution is 6.34. The lowest BCUT2D eigenvalue weighted by molar-refractivity contribution is 0.0963. The molecule has 15 heavy (non-hydrogen) atoms. The molecule has 1 aromatic rings. The van der Waals surface area contributed by atoms with Crippen LogP contribution in [0.1, 0.15) is 36.7 Å². The van der Waals surface area contributed by atoms with E-state index in [-0.39, 0.29) is 11.3 Å². The molecule has 3 heteroatoms. The SMILES string of the molecule is CNC(=O)c1cccc(C(C)(C)C)c1Cl. The van der Waals surface area contributed by atoms with Crippen LogP contribution >= 0.6 is 11.6 Å². The predicted molar refractivity (Wildman–Crippen MR) is 63.5 cm³/mol. The van der Waals surface area contributed by atoms with Crippen molar-refractivity contribution < 1.29 is 4.79 Å². The van der Waals surface area contributed by atoms with Crippen LogP contribution in [-0.2, 0) is 5.41 Å². The van der Waals surface area contributed by atoms with Crippen LogP contribution in [0.5, 0.6) is 0 Å². The minimum Gasteiger partial charge on any atom is -0.355 e. The summed E-state index contributed by atoms with van der Waals surface area (Å²) in [6.45, 7) is 6.21. The topological polar surface area (TPSA) is 29.1 Å². The van der Waals surface area contributed by atoms with E-state index in [0.29, 0.717) is 10.6 Å². The van der Waals surface area contributed by atoms with Crippen LogP contribution in [0.4, 0.5) is 0 Å². The molecule has 82 valence electrons. The third kappa shape index (κ3) is 2.51. The van der Waals surface area contributed by atoms with Crippen molar-refractivity contribution in [2.24, 2.45) is 0 Å². The van der Waals surface area contributed by atoms with Gasteiger partial charge in [0.25, 0.3) is 5.91 Å². The van der Waals surface area contributed by atoms with E-state index in [1.807, 2.05) is 12.1 Å². The Bertz CT molecular complexity index is 380. The molecule has 0 saturated carbocycles. The zero-order valence-corrected chi connectivity index (χ0v) is 10.3. The second kappa shape index (κ2) is 4.23. The molecule has 0 atom stereocenters. The molecule has 1 rings (SSSR count). The molecular formula is C12H16ClNO. The summed E-state index contributed by atoms with van der Waals surface area (Å²) in [5.41, 5.74) is 1.47. The number of hydrogen-bond donors (Lipinski definition) is 1. The van der Waals surface area contributed by atoms with Crippen molar-refractivity contribution in [3.63, 3.8) is 0 Å². The van der Waals surface area contributed by atoms with Crippen LogP contribution in [0, 0.1) is 0 Å². The largest absolute Gasteiger partial charge is 0.355 e.